The monoisotopic (exact) mass is 299 g/mol. The van der Waals surface area contributed by atoms with Crippen LogP contribution in [0.25, 0.3) is 0 Å². The van der Waals surface area contributed by atoms with Crippen molar-refractivity contribution in [1.82, 2.24) is 4.90 Å². The number of benzene rings is 1. The molecule has 1 aromatic carbocycles. The summed E-state index contributed by atoms with van der Waals surface area (Å²) in [5, 5.41) is 20.8. The molecule has 22 heavy (non-hydrogen) atoms. The minimum atomic E-state index is -1.000. The van der Waals surface area contributed by atoms with Gasteiger partial charge in [0.2, 0.25) is 0 Å². The molecule has 1 fully saturated rings. The third kappa shape index (κ3) is 3.85. The van der Waals surface area contributed by atoms with Gasteiger partial charge in [-0.15, -0.1) is 0 Å². The van der Waals surface area contributed by atoms with Gasteiger partial charge in [-0.1, -0.05) is 0 Å². The largest absolute Gasteiger partial charge is 0.478 e. The maximum absolute atomic E-state index is 12.2. The number of rotatable bonds is 4. The Hall–Kier alpha value is -2.81. The Bertz CT molecular complexity index is 623. The van der Waals surface area contributed by atoms with Crippen molar-refractivity contribution in [3.05, 3.63) is 41.6 Å². The lowest BCUT2D eigenvalue weighted by Gasteiger charge is -2.26. The number of amides is 1. The number of carbonyl (C=O) groups is 2. The van der Waals surface area contributed by atoms with Gasteiger partial charge in [0, 0.05) is 25.0 Å². The zero-order valence-corrected chi connectivity index (χ0v) is 12.1. The molecular weight excluding hydrogens is 282 g/mol. The van der Waals surface area contributed by atoms with Crippen LogP contribution in [-0.4, -0.2) is 35.0 Å². The van der Waals surface area contributed by atoms with Gasteiger partial charge in [-0.05, 0) is 43.5 Å². The fourth-order valence-corrected chi connectivity index (χ4v) is 2.27. The maximum atomic E-state index is 12.2. The first kappa shape index (κ1) is 15.6. The summed E-state index contributed by atoms with van der Waals surface area (Å²) in [6, 6.07) is 7.99. The van der Waals surface area contributed by atoms with Gasteiger partial charge in [0.05, 0.1) is 5.56 Å². The van der Waals surface area contributed by atoms with Crippen LogP contribution in [0.3, 0.4) is 0 Å². The molecule has 0 atom stereocenters. The van der Waals surface area contributed by atoms with E-state index in [1.54, 1.807) is 17.0 Å². The zero-order chi connectivity index (χ0) is 15.9. The number of piperidine rings is 1. The topological polar surface area (TPSA) is 93.4 Å². The van der Waals surface area contributed by atoms with Crippen LogP contribution >= 0.6 is 0 Å². The van der Waals surface area contributed by atoms with Crippen molar-refractivity contribution in [2.75, 3.05) is 18.4 Å². The molecule has 2 rings (SSSR count). The molecule has 1 amide bonds. The smallest absolute Gasteiger partial charge is 0.335 e. The number of carbonyl (C=O) groups excluding carboxylic acids is 1. The van der Waals surface area contributed by atoms with E-state index in [-0.39, 0.29) is 17.0 Å². The number of likely N-dealkylation sites (tertiary alicyclic amines) is 1. The Morgan fingerprint density at radius 1 is 1.18 bits per heavy atom. The number of anilines is 1. The first-order valence-electron chi connectivity index (χ1n) is 7.11. The van der Waals surface area contributed by atoms with Gasteiger partial charge in [0.15, 0.2) is 0 Å². The quantitative estimate of drug-likeness (QED) is 0.656. The second-order valence-corrected chi connectivity index (χ2v) is 5.05. The average molecular weight is 299 g/mol. The average Bonchev–Trinajstić information content (AvgIpc) is 2.56. The molecule has 1 aromatic rings. The Kier molecular flexibility index (Phi) is 5.15. The van der Waals surface area contributed by atoms with Crippen LogP contribution in [0.5, 0.6) is 0 Å². The first-order chi connectivity index (χ1) is 10.6. The van der Waals surface area contributed by atoms with E-state index in [0.717, 1.165) is 19.3 Å². The summed E-state index contributed by atoms with van der Waals surface area (Å²) in [5.41, 5.74) is 0.841. The first-order valence-corrected chi connectivity index (χ1v) is 7.11. The minimum Gasteiger partial charge on any atom is -0.478 e. The highest BCUT2D eigenvalue weighted by molar-refractivity contribution is 5.97. The van der Waals surface area contributed by atoms with Gasteiger partial charge in [-0.3, -0.25) is 4.79 Å². The van der Waals surface area contributed by atoms with Crippen molar-refractivity contribution >= 4 is 17.6 Å². The Morgan fingerprint density at radius 3 is 2.36 bits per heavy atom. The van der Waals surface area contributed by atoms with Crippen LogP contribution in [0.15, 0.2) is 36.0 Å². The second-order valence-electron chi connectivity index (χ2n) is 5.05. The summed E-state index contributed by atoms with van der Waals surface area (Å²) >= 11 is 0. The van der Waals surface area contributed by atoms with Crippen LogP contribution < -0.4 is 5.32 Å². The van der Waals surface area contributed by atoms with Crippen molar-refractivity contribution in [3.8, 4) is 6.07 Å². The van der Waals surface area contributed by atoms with E-state index >= 15 is 0 Å². The SMILES string of the molecule is N#C/C(=C/Nc1ccc(C(=O)O)cc1)C(=O)N1CCCCC1. The minimum absolute atomic E-state index is 0.0456. The van der Waals surface area contributed by atoms with Crippen molar-refractivity contribution in [2.24, 2.45) is 0 Å². The molecule has 1 heterocycles. The lowest BCUT2D eigenvalue weighted by molar-refractivity contribution is -0.127. The number of nitriles is 1. The van der Waals surface area contributed by atoms with Crippen molar-refractivity contribution in [1.29, 1.82) is 5.26 Å². The summed E-state index contributed by atoms with van der Waals surface area (Å²) < 4.78 is 0. The molecule has 0 radical (unpaired) electrons. The molecule has 0 bridgehead atoms. The standard InChI is InChI=1S/C16H17N3O3/c17-10-13(15(20)19-8-2-1-3-9-19)11-18-14-6-4-12(5-7-14)16(21)22/h4-7,11,18H,1-3,8-9H2,(H,21,22)/b13-11-. The van der Waals surface area contributed by atoms with E-state index in [2.05, 4.69) is 5.32 Å². The molecule has 1 saturated heterocycles. The van der Waals surface area contributed by atoms with Gasteiger partial charge < -0.3 is 15.3 Å². The summed E-state index contributed by atoms with van der Waals surface area (Å²) in [7, 11) is 0. The number of aromatic carboxylic acids is 1. The van der Waals surface area contributed by atoms with Crippen LogP contribution in [0.4, 0.5) is 5.69 Å². The number of nitrogens with one attached hydrogen (secondary N) is 1. The molecule has 0 saturated carbocycles. The van der Waals surface area contributed by atoms with Crippen molar-refractivity contribution in [3.63, 3.8) is 0 Å². The second kappa shape index (κ2) is 7.27. The molecule has 1 aliphatic rings. The lowest BCUT2D eigenvalue weighted by Crippen LogP contribution is -2.36. The van der Waals surface area contributed by atoms with E-state index in [1.807, 2.05) is 6.07 Å². The fraction of sp³-hybridized carbons (Fsp3) is 0.312. The Labute approximate surface area is 128 Å². The highest BCUT2D eigenvalue weighted by atomic mass is 16.4. The van der Waals surface area contributed by atoms with Crippen LogP contribution in [0.2, 0.25) is 0 Å². The lowest BCUT2D eigenvalue weighted by atomic mass is 10.1. The van der Waals surface area contributed by atoms with Crippen molar-refractivity contribution in [2.45, 2.75) is 19.3 Å². The maximum Gasteiger partial charge on any atom is 0.335 e. The Morgan fingerprint density at radius 2 is 1.82 bits per heavy atom. The van der Waals surface area contributed by atoms with E-state index in [9.17, 15) is 9.59 Å². The van der Waals surface area contributed by atoms with Crippen LogP contribution in [0, 0.1) is 11.3 Å². The molecular formula is C16H17N3O3. The van der Waals surface area contributed by atoms with Crippen LogP contribution in [-0.2, 0) is 4.79 Å². The van der Waals surface area contributed by atoms with Gasteiger partial charge in [-0.25, -0.2) is 4.79 Å². The van der Waals surface area contributed by atoms with Gasteiger partial charge in [-0.2, -0.15) is 5.26 Å². The molecule has 0 unspecified atom stereocenters. The Balaban J connectivity index is 2.04. The van der Waals surface area contributed by atoms with Gasteiger partial charge in [0.1, 0.15) is 11.6 Å². The number of carboxylic acid groups (broad SMARTS) is 1. The molecule has 0 aliphatic carbocycles. The molecule has 2 N–H and O–H groups in total. The number of nitrogens with zero attached hydrogens (tertiary/aromatic N) is 2. The molecule has 0 spiro atoms. The summed E-state index contributed by atoms with van der Waals surface area (Å²) in [5.74, 6) is -1.27. The number of hydrogen-bond donors (Lipinski definition) is 2. The predicted octanol–water partition coefficient (Wildman–Crippen LogP) is 2.22. The third-order valence-electron chi connectivity index (χ3n) is 3.51. The summed E-state index contributed by atoms with van der Waals surface area (Å²) in [6.07, 6.45) is 4.42. The van der Waals surface area contributed by atoms with E-state index < -0.39 is 5.97 Å². The predicted molar refractivity (Wildman–Crippen MR) is 81.2 cm³/mol. The molecule has 6 nitrogen and oxygen atoms in total. The van der Waals surface area contributed by atoms with E-state index in [1.165, 1.54) is 18.3 Å². The molecule has 1 aliphatic heterocycles. The normalized spacial score (nSPS) is 15.0. The highest BCUT2D eigenvalue weighted by Gasteiger charge is 2.20. The zero-order valence-electron chi connectivity index (χ0n) is 12.1. The molecule has 0 aromatic heterocycles. The van der Waals surface area contributed by atoms with Gasteiger partial charge >= 0.3 is 5.97 Å². The van der Waals surface area contributed by atoms with Crippen LogP contribution in [0.1, 0.15) is 29.6 Å². The van der Waals surface area contributed by atoms with E-state index in [4.69, 9.17) is 10.4 Å². The molecule has 6 heteroatoms. The van der Waals surface area contributed by atoms with Gasteiger partial charge in [0.25, 0.3) is 5.91 Å². The third-order valence-corrected chi connectivity index (χ3v) is 3.51. The summed E-state index contributed by atoms with van der Waals surface area (Å²) in [4.78, 5) is 24.7. The number of hydrogen-bond acceptors (Lipinski definition) is 4. The molecule has 114 valence electrons. The fourth-order valence-electron chi connectivity index (χ4n) is 2.27. The van der Waals surface area contributed by atoms with E-state index in [0.29, 0.717) is 18.8 Å². The van der Waals surface area contributed by atoms with Crippen molar-refractivity contribution < 1.29 is 14.7 Å². The number of carboxylic acids is 1. The summed E-state index contributed by atoms with van der Waals surface area (Å²) in [6.45, 7) is 1.37. The highest BCUT2D eigenvalue weighted by Crippen LogP contribution is 2.13.